The van der Waals surface area contributed by atoms with Gasteiger partial charge in [0.15, 0.2) is 0 Å². The Morgan fingerprint density at radius 3 is 1.00 bits per heavy atom. The third-order valence-corrected chi connectivity index (χ3v) is 3.16. The second-order valence-electron chi connectivity index (χ2n) is 4.68. The van der Waals surface area contributed by atoms with Gasteiger partial charge >= 0.3 is 0 Å². The van der Waals surface area contributed by atoms with Crippen molar-refractivity contribution in [1.82, 2.24) is 10.6 Å². The molecule has 0 aromatic rings. The van der Waals surface area contributed by atoms with Crippen LogP contribution in [0.1, 0.15) is 57.8 Å². The largest absolute Gasteiger partial charge is 0.317 e. The number of rotatable bonds is 0. The number of hydrogen-bond acceptors (Lipinski definition) is 2. The highest BCUT2D eigenvalue weighted by Crippen LogP contribution is 2.06. The summed E-state index contributed by atoms with van der Waals surface area (Å²) in [5.41, 5.74) is 0. The Balaban J connectivity index is 2.01. The van der Waals surface area contributed by atoms with E-state index in [9.17, 15) is 0 Å². The summed E-state index contributed by atoms with van der Waals surface area (Å²) in [7, 11) is 0. The van der Waals surface area contributed by atoms with Gasteiger partial charge in [0.2, 0.25) is 0 Å². The fraction of sp³-hybridized carbons (Fsp3) is 1.00. The van der Waals surface area contributed by atoms with Gasteiger partial charge in [-0.25, -0.2) is 0 Å². The van der Waals surface area contributed by atoms with Gasteiger partial charge in [-0.15, -0.1) is 0 Å². The predicted molar refractivity (Wildman–Crippen MR) is 67.3 cm³/mol. The Kier molecular flexibility index (Phi) is 9.04. The van der Waals surface area contributed by atoms with Gasteiger partial charge in [0.05, 0.1) is 0 Å². The lowest BCUT2D eigenvalue weighted by Gasteiger charge is -2.04. The fourth-order valence-electron chi connectivity index (χ4n) is 2.13. The molecule has 0 saturated carbocycles. The highest BCUT2D eigenvalue weighted by Gasteiger charge is 1.94. The van der Waals surface area contributed by atoms with Crippen LogP contribution in [0.25, 0.3) is 0 Å². The van der Waals surface area contributed by atoms with Gasteiger partial charge in [-0.05, 0) is 51.9 Å². The molecule has 0 aromatic heterocycles. The Labute approximate surface area is 95.2 Å². The molecule has 0 aromatic carbocycles. The first-order valence-corrected chi connectivity index (χ1v) is 6.91. The zero-order chi connectivity index (χ0) is 10.6. The van der Waals surface area contributed by atoms with Gasteiger partial charge in [0, 0.05) is 0 Å². The molecule has 1 aliphatic rings. The van der Waals surface area contributed by atoms with Gasteiger partial charge in [-0.1, -0.05) is 32.1 Å². The van der Waals surface area contributed by atoms with Crippen LogP contribution < -0.4 is 10.6 Å². The first-order valence-electron chi connectivity index (χ1n) is 6.91. The normalized spacial score (nSPS) is 24.0. The zero-order valence-electron chi connectivity index (χ0n) is 10.2. The van der Waals surface area contributed by atoms with Crippen LogP contribution in [-0.2, 0) is 0 Å². The summed E-state index contributed by atoms with van der Waals surface area (Å²) >= 11 is 0. The Bertz CT molecular complexity index is 67.1. The molecule has 1 aliphatic heterocycles. The summed E-state index contributed by atoms with van der Waals surface area (Å²) in [4.78, 5) is 0. The standard InChI is InChI=1S/C13H28N2/c1-2-4-6-10-14-12-8-9-13-15-11-7-5-3-1/h14-15H,1-13H2. The van der Waals surface area contributed by atoms with E-state index in [0.29, 0.717) is 0 Å². The van der Waals surface area contributed by atoms with E-state index in [-0.39, 0.29) is 0 Å². The highest BCUT2D eigenvalue weighted by atomic mass is 14.9. The molecule has 0 aliphatic carbocycles. The average Bonchev–Trinajstić information content (AvgIpc) is 2.27. The summed E-state index contributed by atoms with van der Waals surface area (Å²) in [6, 6.07) is 0. The van der Waals surface area contributed by atoms with Crippen molar-refractivity contribution < 1.29 is 0 Å². The molecular formula is C13H28N2. The highest BCUT2D eigenvalue weighted by molar-refractivity contribution is 4.55. The van der Waals surface area contributed by atoms with E-state index in [1.54, 1.807) is 0 Å². The zero-order valence-corrected chi connectivity index (χ0v) is 10.2. The van der Waals surface area contributed by atoms with E-state index < -0.39 is 0 Å². The molecule has 2 N–H and O–H groups in total. The van der Waals surface area contributed by atoms with Crippen LogP contribution in [0.4, 0.5) is 0 Å². The average molecular weight is 212 g/mol. The van der Waals surface area contributed by atoms with Crippen molar-refractivity contribution >= 4 is 0 Å². The van der Waals surface area contributed by atoms with Crippen LogP contribution in [0, 0.1) is 0 Å². The van der Waals surface area contributed by atoms with Crippen molar-refractivity contribution in [2.75, 3.05) is 26.2 Å². The third kappa shape index (κ3) is 8.88. The first kappa shape index (κ1) is 13.0. The maximum Gasteiger partial charge on any atom is -0.00484 e. The third-order valence-electron chi connectivity index (χ3n) is 3.16. The predicted octanol–water partition coefficient (Wildman–Crippen LogP) is 2.69. The molecule has 0 bridgehead atoms. The summed E-state index contributed by atoms with van der Waals surface area (Å²) in [5, 5.41) is 7.05. The minimum absolute atomic E-state index is 1.21. The van der Waals surface area contributed by atoms with Crippen molar-refractivity contribution in [1.29, 1.82) is 0 Å². The van der Waals surface area contributed by atoms with Crippen LogP contribution in [0.2, 0.25) is 0 Å². The first-order chi connectivity index (χ1) is 7.50. The lowest BCUT2D eigenvalue weighted by Crippen LogP contribution is -2.20. The Morgan fingerprint density at radius 1 is 0.333 bits per heavy atom. The van der Waals surface area contributed by atoms with Crippen molar-refractivity contribution in [3.05, 3.63) is 0 Å². The minimum atomic E-state index is 1.21. The monoisotopic (exact) mass is 212 g/mol. The topological polar surface area (TPSA) is 24.1 Å². The van der Waals surface area contributed by atoms with Gasteiger partial charge < -0.3 is 10.6 Å². The fourth-order valence-corrected chi connectivity index (χ4v) is 2.13. The molecule has 0 amide bonds. The molecule has 1 heterocycles. The maximum atomic E-state index is 3.53. The molecule has 90 valence electrons. The molecule has 1 saturated heterocycles. The van der Waals surface area contributed by atoms with Crippen molar-refractivity contribution in [2.45, 2.75) is 57.8 Å². The van der Waals surface area contributed by atoms with E-state index in [1.807, 2.05) is 0 Å². The summed E-state index contributed by atoms with van der Waals surface area (Å²) in [6.45, 7) is 4.88. The van der Waals surface area contributed by atoms with Crippen LogP contribution >= 0.6 is 0 Å². The van der Waals surface area contributed by atoms with Crippen molar-refractivity contribution in [3.8, 4) is 0 Å². The van der Waals surface area contributed by atoms with E-state index in [2.05, 4.69) is 10.6 Å². The molecule has 0 atom stereocenters. The van der Waals surface area contributed by atoms with Crippen LogP contribution in [0.5, 0.6) is 0 Å². The number of hydrogen-bond donors (Lipinski definition) is 2. The molecule has 1 fully saturated rings. The Morgan fingerprint density at radius 2 is 0.600 bits per heavy atom. The smallest absolute Gasteiger partial charge is 0.00484 e. The summed E-state index contributed by atoms with van der Waals surface area (Å²) < 4.78 is 0. The van der Waals surface area contributed by atoms with Crippen molar-refractivity contribution in [3.63, 3.8) is 0 Å². The van der Waals surface area contributed by atoms with E-state index >= 15 is 0 Å². The molecule has 0 spiro atoms. The molecule has 0 radical (unpaired) electrons. The molecule has 2 heteroatoms. The lowest BCUT2D eigenvalue weighted by molar-refractivity contribution is 0.556. The van der Waals surface area contributed by atoms with Gasteiger partial charge in [-0.3, -0.25) is 0 Å². The quantitative estimate of drug-likeness (QED) is 0.645. The molecule has 15 heavy (non-hydrogen) atoms. The number of nitrogens with one attached hydrogen (secondary N) is 2. The maximum absolute atomic E-state index is 3.53. The van der Waals surface area contributed by atoms with Gasteiger partial charge in [-0.2, -0.15) is 0 Å². The van der Waals surface area contributed by atoms with E-state index in [1.165, 1.54) is 84.0 Å². The SMILES string of the molecule is C1CCCCNCCCCNCCCC1. The van der Waals surface area contributed by atoms with Crippen LogP contribution in [0.3, 0.4) is 0 Å². The van der Waals surface area contributed by atoms with Crippen molar-refractivity contribution in [2.24, 2.45) is 0 Å². The minimum Gasteiger partial charge on any atom is -0.317 e. The summed E-state index contributed by atoms with van der Waals surface area (Å²) in [5.74, 6) is 0. The van der Waals surface area contributed by atoms with Crippen LogP contribution in [-0.4, -0.2) is 26.2 Å². The Hall–Kier alpha value is -0.0800. The second kappa shape index (κ2) is 10.4. The summed E-state index contributed by atoms with van der Waals surface area (Å²) in [6.07, 6.45) is 12.6. The molecule has 2 nitrogen and oxygen atoms in total. The molecule has 0 unspecified atom stereocenters. The molecular weight excluding hydrogens is 184 g/mol. The van der Waals surface area contributed by atoms with E-state index in [4.69, 9.17) is 0 Å². The second-order valence-corrected chi connectivity index (χ2v) is 4.68. The molecule has 1 rings (SSSR count). The van der Waals surface area contributed by atoms with Crippen LogP contribution in [0.15, 0.2) is 0 Å². The van der Waals surface area contributed by atoms with Gasteiger partial charge in [0.1, 0.15) is 0 Å². The van der Waals surface area contributed by atoms with E-state index in [0.717, 1.165) is 0 Å². The van der Waals surface area contributed by atoms with Gasteiger partial charge in [0.25, 0.3) is 0 Å². The lowest BCUT2D eigenvalue weighted by atomic mass is 10.1.